The normalized spacial score (nSPS) is 15.4. The molecule has 0 saturated heterocycles. The van der Waals surface area contributed by atoms with Crippen molar-refractivity contribution in [3.8, 4) is 0 Å². The van der Waals surface area contributed by atoms with Crippen LogP contribution in [0.4, 0.5) is 0 Å². The maximum atomic E-state index is 2.08. The fourth-order valence-corrected chi connectivity index (χ4v) is 0.645. The number of hydrogen-bond donors (Lipinski definition) is 0. The van der Waals surface area contributed by atoms with Gasteiger partial charge < -0.3 is 0 Å². The van der Waals surface area contributed by atoms with Crippen molar-refractivity contribution in [2.24, 2.45) is 0 Å². The van der Waals surface area contributed by atoms with Gasteiger partial charge in [0.05, 0.1) is 0 Å². The van der Waals surface area contributed by atoms with Gasteiger partial charge in [-0.15, -0.1) is 0 Å². The van der Waals surface area contributed by atoms with E-state index in [-0.39, 0.29) is 0 Å². The molecule has 1 heteroatoms. The van der Waals surface area contributed by atoms with Crippen LogP contribution in [0.1, 0.15) is 0 Å². The van der Waals surface area contributed by atoms with Gasteiger partial charge in [-0.05, 0) is 0 Å². The Morgan fingerprint density at radius 2 is 2.00 bits per heavy atom. The topological polar surface area (TPSA) is 0 Å². The minimum atomic E-state index is 1.28. The van der Waals surface area contributed by atoms with Gasteiger partial charge in [0.15, 0.2) is 0 Å². The quantitative estimate of drug-likeness (QED) is 0.319. The molecule has 0 nitrogen and oxygen atoms in total. The van der Waals surface area contributed by atoms with Gasteiger partial charge in [-0.3, -0.25) is 0 Å². The Hall–Kier alpha value is -0.715. The van der Waals surface area contributed by atoms with E-state index in [0.717, 1.165) is 0 Å². The first-order valence-electron chi connectivity index (χ1n) is 2.78. The number of rotatable bonds is 0. The third-order valence-electron chi connectivity index (χ3n) is 1.13. The van der Waals surface area contributed by atoms with Crippen LogP contribution in [-0.4, -0.2) is 12.4 Å². The van der Waals surface area contributed by atoms with E-state index in [4.69, 9.17) is 0 Å². The Balaban J connectivity index is 2.69. The molecule has 0 unspecified atom stereocenters. The summed E-state index contributed by atoms with van der Waals surface area (Å²) in [6.45, 7) is 4.12. The average Bonchev–Trinajstić information content (AvgIpc) is 1.90. The number of allylic oxidation sites excluding steroid dienone is 4. The Labute approximate surface area is 50.8 Å². The summed E-state index contributed by atoms with van der Waals surface area (Å²) in [7, 11) is 0. The number of hydrogen-bond acceptors (Lipinski definition) is 0. The van der Waals surface area contributed by atoms with E-state index in [0.29, 0.717) is 0 Å². The van der Waals surface area contributed by atoms with Gasteiger partial charge >= 0.3 is 49.9 Å². The molecule has 1 aliphatic rings. The standard InChI is InChI=1S/C7H8B/c1-8-7-5-3-2-4-6-7/h2-6H,1H3/q-1. The molecule has 0 radical (unpaired) electrons. The van der Waals surface area contributed by atoms with Crippen LogP contribution >= 0.6 is 0 Å². The fourth-order valence-electron chi connectivity index (χ4n) is 0.645. The Morgan fingerprint density at radius 1 is 1.38 bits per heavy atom. The van der Waals surface area contributed by atoms with Crippen LogP contribution in [0.15, 0.2) is 24.3 Å². The predicted octanol–water partition coefficient (Wildman–Crippen LogP) is 1.24. The van der Waals surface area contributed by atoms with Gasteiger partial charge in [-0.25, -0.2) is 0 Å². The molecule has 8 heavy (non-hydrogen) atoms. The van der Waals surface area contributed by atoms with Crippen LogP contribution in [0.2, 0.25) is 6.82 Å². The van der Waals surface area contributed by atoms with Gasteiger partial charge in [-0.1, -0.05) is 0 Å². The third-order valence-corrected chi connectivity index (χ3v) is 1.13. The van der Waals surface area contributed by atoms with Crippen molar-refractivity contribution in [3.63, 3.8) is 0 Å². The summed E-state index contributed by atoms with van der Waals surface area (Å²) in [6.07, 6.45) is 10.3. The van der Waals surface area contributed by atoms with Gasteiger partial charge in [-0.2, -0.15) is 0 Å². The summed E-state index contributed by atoms with van der Waals surface area (Å²) in [6, 6.07) is 0. The van der Waals surface area contributed by atoms with Crippen molar-refractivity contribution in [1.82, 2.24) is 0 Å². The monoisotopic (exact) mass is 103 g/mol. The molecule has 0 aromatic heterocycles. The van der Waals surface area contributed by atoms with Gasteiger partial charge in [0.1, 0.15) is 0 Å². The summed E-state index contributed by atoms with van der Waals surface area (Å²) in [5, 5.41) is 0. The summed E-state index contributed by atoms with van der Waals surface area (Å²) >= 11 is 0. The Morgan fingerprint density at radius 3 is 2.38 bits per heavy atom. The second-order valence-electron chi connectivity index (χ2n) is 1.70. The first-order chi connectivity index (χ1) is 3.93. The molecule has 0 aromatic rings. The zero-order chi connectivity index (χ0) is 5.82. The molecule has 0 N–H and O–H groups in total. The first kappa shape index (κ1) is 5.42. The summed E-state index contributed by atoms with van der Waals surface area (Å²) < 4.78 is 0. The van der Waals surface area contributed by atoms with E-state index in [1.54, 1.807) is 0 Å². The average molecular weight is 103 g/mol. The molecule has 0 atom stereocenters. The Kier molecular flexibility index (Phi) is 1.73. The van der Waals surface area contributed by atoms with Crippen LogP contribution in [0.3, 0.4) is 0 Å². The van der Waals surface area contributed by atoms with Crippen molar-refractivity contribution in [1.29, 1.82) is 0 Å². The van der Waals surface area contributed by atoms with Crippen LogP contribution in [0.5, 0.6) is 0 Å². The zero-order valence-corrected chi connectivity index (χ0v) is 4.96. The van der Waals surface area contributed by atoms with Crippen molar-refractivity contribution in [2.75, 3.05) is 0 Å². The molecule has 40 valence electrons. The van der Waals surface area contributed by atoms with Crippen LogP contribution < -0.4 is 0 Å². The van der Waals surface area contributed by atoms with E-state index in [1.807, 2.05) is 25.4 Å². The maximum absolute atomic E-state index is 2.08. The second-order valence-corrected chi connectivity index (χ2v) is 1.70. The minimum absolute atomic E-state index is 1.28. The molecule has 1 aliphatic carbocycles. The molecular formula is C7H8B-. The molecule has 0 bridgehead atoms. The molecule has 0 aromatic carbocycles. The van der Waals surface area contributed by atoms with Gasteiger partial charge in [0.2, 0.25) is 0 Å². The van der Waals surface area contributed by atoms with Crippen molar-refractivity contribution >= 4 is 12.4 Å². The molecular weight excluding hydrogens is 94.9 g/mol. The summed E-state index contributed by atoms with van der Waals surface area (Å²) in [4.78, 5) is 0. The van der Waals surface area contributed by atoms with E-state index < -0.39 is 0 Å². The van der Waals surface area contributed by atoms with Crippen molar-refractivity contribution in [3.05, 3.63) is 30.7 Å². The van der Waals surface area contributed by atoms with Crippen molar-refractivity contribution in [2.45, 2.75) is 6.82 Å². The molecule has 0 fully saturated rings. The molecule has 0 aliphatic heterocycles. The third kappa shape index (κ3) is 1.13. The summed E-state index contributed by atoms with van der Waals surface area (Å²) in [5.41, 5.74) is 1.28. The van der Waals surface area contributed by atoms with E-state index in [2.05, 4.69) is 19.1 Å². The zero-order valence-electron chi connectivity index (χ0n) is 4.96. The van der Waals surface area contributed by atoms with Crippen LogP contribution in [0.25, 0.3) is 0 Å². The molecule has 0 spiro atoms. The first-order valence-corrected chi connectivity index (χ1v) is 2.78. The second kappa shape index (κ2) is 2.56. The SMILES string of the molecule is CB=C1C=C[CH-]C=C1. The van der Waals surface area contributed by atoms with E-state index >= 15 is 0 Å². The van der Waals surface area contributed by atoms with Crippen LogP contribution in [-0.2, 0) is 0 Å². The van der Waals surface area contributed by atoms with E-state index in [1.165, 1.54) is 5.46 Å². The predicted molar refractivity (Wildman–Crippen MR) is 39.2 cm³/mol. The molecule has 1 rings (SSSR count). The fraction of sp³-hybridized carbons (Fsp3) is 0.143. The molecule has 0 amide bonds. The van der Waals surface area contributed by atoms with Crippen molar-refractivity contribution < 1.29 is 0 Å². The summed E-state index contributed by atoms with van der Waals surface area (Å²) in [5.74, 6) is 0. The van der Waals surface area contributed by atoms with Crippen LogP contribution in [0, 0.1) is 6.42 Å². The van der Waals surface area contributed by atoms with E-state index in [9.17, 15) is 0 Å². The molecule has 0 saturated carbocycles. The van der Waals surface area contributed by atoms with Gasteiger partial charge in [0.25, 0.3) is 0 Å². The Bertz CT molecular complexity index is 138. The van der Waals surface area contributed by atoms with Gasteiger partial charge in [0, 0.05) is 0 Å². The molecule has 0 heterocycles.